The zero-order valence-electron chi connectivity index (χ0n) is 19.2. The van der Waals surface area contributed by atoms with E-state index in [4.69, 9.17) is 10.1 Å². The predicted octanol–water partition coefficient (Wildman–Crippen LogP) is 5.86. The van der Waals surface area contributed by atoms with Crippen LogP contribution in [0.2, 0.25) is 0 Å². The Morgan fingerprint density at radius 1 is 1.14 bits per heavy atom. The van der Waals surface area contributed by atoms with Crippen molar-refractivity contribution in [3.8, 4) is 11.6 Å². The number of thiophene rings is 1. The third-order valence-corrected chi connectivity index (χ3v) is 7.41. The molecule has 0 spiro atoms. The van der Waals surface area contributed by atoms with Gasteiger partial charge >= 0.3 is 6.03 Å². The van der Waals surface area contributed by atoms with Crippen LogP contribution in [0.25, 0.3) is 10.2 Å². The molecule has 180 valence electrons. The summed E-state index contributed by atoms with van der Waals surface area (Å²) in [5, 5.41) is 14.7. The fourth-order valence-electron chi connectivity index (χ4n) is 4.57. The van der Waals surface area contributed by atoms with Gasteiger partial charge in [0.25, 0.3) is 5.91 Å². The second-order valence-electron chi connectivity index (χ2n) is 8.65. The lowest BCUT2D eigenvalue weighted by Gasteiger charge is -2.28. The summed E-state index contributed by atoms with van der Waals surface area (Å²) in [5.74, 6) is 0.778. The largest absolute Gasteiger partial charge is 0.439 e. The van der Waals surface area contributed by atoms with Gasteiger partial charge in [-0.25, -0.2) is 14.8 Å². The molecule has 6 rings (SSSR count). The van der Waals surface area contributed by atoms with E-state index in [1.807, 2.05) is 30.3 Å². The molecule has 3 amide bonds. The fourth-order valence-corrected chi connectivity index (χ4v) is 5.59. The number of nitrogens with zero attached hydrogens (tertiary/aromatic N) is 3. The molecule has 1 aromatic carbocycles. The summed E-state index contributed by atoms with van der Waals surface area (Å²) in [6.07, 6.45) is 6.61. The first-order valence-corrected chi connectivity index (χ1v) is 12.5. The minimum atomic E-state index is -0.397. The highest BCUT2D eigenvalue weighted by Crippen LogP contribution is 2.45. The van der Waals surface area contributed by atoms with Crippen LogP contribution in [0, 0.1) is 5.41 Å². The molecule has 4 aromatic rings. The predicted molar refractivity (Wildman–Crippen MR) is 139 cm³/mol. The molecule has 9 nitrogen and oxygen atoms in total. The minimum absolute atomic E-state index is 0.269. The van der Waals surface area contributed by atoms with Crippen molar-refractivity contribution in [1.82, 2.24) is 15.3 Å². The normalized spacial score (nSPS) is 17.1. The molecule has 2 aliphatic rings. The summed E-state index contributed by atoms with van der Waals surface area (Å²) in [4.78, 5) is 37.8. The highest BCUT2D eigenvalue weighted by molar-refractivity contribution is 7.21. The first-order valence-electron chi connectivity index (χ1n) is 11.7. The van der Waals surface area contributed by atoms with Crippen LogP contribution in [0.4, 0.5) is 21.9 Å². The van der Waals surface area contributed by atoms with E-state index in [0.29, 0.717) is 55.9 Å². The number of rotatable bonds is 5. The van der Waals surface area contributed by atoms with E-state index in [0.717, 1.165) is 19.3 Å². The number of urea groups is 1. The van der Waals surface area contributed by atoms with E-state index in [1.165, 1.54) is 16.2 Å². The number of carbonyl (C=O) groups excluding carboxylic acids is 2. The molecule has 4 heterocycles. The van der Waals surface area contributed by atoms with Crippen molar-refractivity contribution in [2.45, 2.75) is 31.7 Å². The van der Waals surface area contributed by atoms with E-state index >= 15 is 0 Å². The third-order valence-electron chi connectivity index (χ3n) is 6.31. The molecule has 1 atom stereocenters. The van der Waals surface area contributed by atoms with Crippen LogP contribution in [0.1, 0.15) is 35.4 Å². The van der Waals surface area contributed by atoms with Crippen molar-refractivity contribution in [1.29, 1.82) is 5.41 Å². The van der Waals surface area contributed by atoms with E-state index in [2.05, 4.69) is 20.6 Å². The molecule has 0 radical (unpaired) electrons. The summed E-state index contributed by atoms with van der Waals surface area (Å²) in [7, 11) is 0. The van der Waals surface area contributed by atoms with Gasteiger partial charge in [0, 0.05) is 18.0 Å². The van der Waals surface area contributed by atoms with E-state index in [-0.39, 0.29) is 11.9 Å². The molecule has 3 aromatic heterocycles. The van der Waals surface area contributed by atoms with Gasteiger partial charge in [0.15, 0.2) is 0 Å². The average Bonchev–Trinajstić information content (AvgIpc) is 3.26. The lowest BCUT2D eigenvalue weighted by molar-refractivity contribution is 0.0948. The van der Waals surface area contributed by atoms with Crippen LogP contribution in [0.5, 0.6) is 11.6 Å². The number of para-hydroxylation sites is 1. The molecule has 0 unspecified atom stereocenters. The summed E-state index contributed by atoms with van der Waals surface area (Å²) >= 11 is 1.23. The molecule has 3 N–H and O–H groups in total. The number of pyridine rings is 2. The van der Waals surface area contributed by atoms with Gasteiger partial charge in [0.05, 0.1) is 34.7 Å². The van der Waals surface area contributed by atoms with E-state index in [9.17, 15) is 9.59 Å². The Balaban J connectivity index is 1.31. The molecule has 1 aliphatic carbocycles. The summed E-state index contributed by atoms with van der Waals surface area (Å²) < 4.78 is 5.76. The monoisotopic (exact) mass is 498 g/mol. The molecular formula is C26H22N6O3S. The molecule has 1 aliphatic heterocycles. The quantitative estimate of drug-likeness (QED) is 0.318. The number of carbonyl (C=O) groups is 2. The molecule has 0 bridgehead atoms. The maximum atomic E-state index is 13.3. The Kier molecular flexibility index (Phi) is 5.57. The zero-order valence-corrected chi connectivity index (χ0v) is 20.0. The smallest absolute Gasteiger partial charge is 0.331 e. The number of nitrogens with one attached hydrogen (secondary N) is 3. The van der Waals surface area contributed by atoms with Gasteiger partial charge in [0.2, 0.25) is 5.88 Å². The van der Waals surface area contributed by atoms with Crippen molar-refractivity contribution in [2.75, 3.05) is 10.2 Å². The minimum Gasteiger partial charge on any atom is -0.439 e. The number of ether oxygens (including phenoxy) is 1. The van der Waals surface area contributed by atoms with Gasteiger partial charge < -0.3 is 20.8 Å². The lowest BCUT2D eigenvalue weighted by Crippen LogP contribution is -2.42. The van der Waals surface area contributed by atoms with E-state index in [1.54, 1.807) is 30.6 Å². The highest BCUT2D eigenvalue weighted by atomic mass is 32.1. The van der Waals surface area contributed by atoms with Crippen LogP contribution >= 0.6 is 11.3 Å². The average molecular weight is 499 g/mol. The fraction of sp³-hybridized carbons (Fsp3) is 0.192. The molecule has 36 heavy (non-hydrogen) atoms. The van der Waals surface area contributed by atoms with Gasteiger partial charge in [0.1, 0.15) is 15.5 Å². The molecule has 0 saturated heterocycles. The maximum Gasteiger partial charge on any atom is 0.331 e. The number of benzene rings is 1. The number of aromatic nitrogens is 2. The van der Waals surface area contributed by atoms with Crippen molar-refractivity contribution in [3.63, 3.8) is 0 Å². The van der Waals surface area contributed by atoms with Gasteiger partial charge in [-0.3, -0.25) is 9.69 Å². The highest BCUT2D eigenvalue weighted by Gasteiger charge is 2.33. The molecular weight excluding hydrogens is 476 g/mol. The van der Waals surface area contributed by atoms with Crippen molar-refractivity contribution in [2.24, 2.45) is 0 Å². The Morgan fingerprint density at radius 3 is 2.78 bits per heavy atom. The first kappa shape index (κ1) is 22.2. The van der Waals surface area contributed by atoms with Gasteiger partial charge in [-0.15, -0.1) is 11.3 Å². The number of hydrogen-bond acceptors (Lipinski definition) is 7. The molecule has 1 fully saturated rings. The van der Waals surface area contributed by atoms with Crippen LogP contribution in [-0.4, -0.2) is 33.7 Å². The van der Waals surface area contributed by atoms with Crippen molar-refractivity contribution < 1.29 is 14.3 Å². The Morgan fingerprint density at radius 2 is 2.00 bits per heavy atom. The van der Waals surface area contributed by atoms with E-state index < -0.39 is 6.03 Å². The Hall–Kier alpha value is -4.31. The number of hydrogen-bond donors (Lipinski definition) is 3. The van der Waals surface area contributed by atoms with Crippen molar-refractivity contribution >= 4 is 56.3 Å². The zero-order chi connectivity index (χ0) is 24.6. The number of amides is 3. The summed E-state index contributed by atoms with van der Waals surface area (Å²) in [6.45, 7) is 0. The number of anilines is 3. The molecule has 10 heteroatoms. The van der Waals surface area contributed by atoms with Gasteiger partial charge in [-0.05, 0) is 43.5 Å². The Labute approximate surface area is 210 Å². The molecule has 1 saturated carbocycles. The third kappa shape index (κ3) is 3.95. The van der Waals surface area contributed by atoms with Crippen LogP contribution in [0.15, 0.2) is 60.9 Å². The summed E-state index contributed by atoms with van der Waals surface area (Å²) in [5.41, 5.74) is 2.18. The maximum absolute atomic E-state index is 13.3. The van der Waals surface area contributed by atoms with Gasteiger partial charge in [-0.2, -0.15) is 0 Å². The SMILES string of the molecule is N=C1CCCC[C@H]1NC(=O)c1sc2nccc3c2c1NC(=O)N3c1ccc(Oc2ccccc2)nc1. The Bertz CT molecular complexity index is 1490. The van der Waals surface area contributed by atoms with Crippen molar-refractivity contribution in [3.05, 3.63) is 65.8 Å². The second kappa shape index (κ2) is 9.04. The lowest BCUT2D eigenvalue weighted by atomic mass is 9.93. The van der Waals surface area contributed by atoms with Gasteiger partial charge in [-0.1, -0.05) is 24.6 Å². The van der Waals surface area contributed by atoms with Crippen LogP contribution in [-0.2, 0) is 0 Å². The standard InChI is InChI=1S/C26H22N6O3S/c27-17-8-4-5-9-18(17)30-24(33)23-22-21-19(12-13-28-25(21)36-23)32(26(34)31-22)15-10-11-20(29-14-15)35-16-6-2-1-3-7-16/h1-3,6-7,10-14,18,27H,4-5,8-9H2,(H,30,33)(H,31,34)/t18-/m1/s1. The van der Waals surface area contributed by atoms with Crippen LogP contribution < -0.4 is 20.3 Å². The summed E-state index contributed by atoms with van der Waals surface area (Å²) in [6, 6.07) is 13.9. The first-order chi connectivity index (χ1) is 17.6. The topological polar surface area (TPSA) is 120 Å². The van der Waals surface area contributed by atoms with Crippen LogP contribution in [0.3, 0.4) is 0 Å². The second-order valence-corrected chi connectivity index (χ2v) is 9.65.